The predicted octanol–water partition coefficient (Wildman–Crippen LogP) is 3.62. The van der Waals surface area contributed by atoms with E-state index in [0.717, 1.165) is 6.42 Å². The van der Waals surface area contributed by atoms with Crippen molar-refractivity contribution in [2.75, 3.05) is 13.2 Å². The van der Waals surface area contributed by atoms with Gasteiger partial charge >= 0.3 is 0 Å². The maximum absolute atomic E-state index is 11.1. The Bertz CT molecular complexity index is 171. The first kappa shape index (κ1) is 14.9. The molecule has 0 saturated carbocycles. The van der Waals surface area contributed by atoms with Crippen molar-refractivity contribution in [1.82, 2.24) is 0 Å². The molecule has 90 valence electrons. The highest BCUT2D eigenvalue weighted by Crippen LogP contribution is 2.20. The molecular formula is C12H23ClO2. The van der Waals surface area contributed by atoms with E-state index in [1.165, 1.54) is 19.3 Å². The first-order valence-corrected chi connectivity index (χ1v) is 6.26. The molecule has 0 rings (SSSR count). The Labute approximate surface area is 98.3 Å². The van der Waals surface area contributed by atoms with Crippen molar-refractivity contribution in [3.05, 3.63) is 0 Å². The van der Waals surface area contributed by atoms with Crippen LogP contribution in [-0.4, -0.2) is 18.5 Å². The van der Waals surface area contributed by atoms with Gasteiger partial charge in [0.1, 0.15) is 0 Å². The van der Waals surface area contributed by atoms with E-state index in [1.807, 2.05) is 6.92 Å². The lowest BCUT2D eigenvalue weighted by Gasteiger charge is -2.17. The lowest BCUT2D eigenvalue weighted by molar-refractivity contribution is -0.117. The largest absolute Gasteiger partial charge is 0.381 e. The number of hydrogen-bond acceptors (Lipinski definition) is 2. The molecule has 0 spiro atoms. The summed E-state index contributed by atoms with van der Waals surface area (Å²) >= 11 is 5.54. The van der Waals surface area contributed by atoms with Gasteiger partial charge in [-0.05, 0) is 30.9 Å². The molecule has 0 N–H and O–H groups in total. The fourth-order valence-corrected chi connectivity index (χ4v) is 1.79. The molecule has 0 bridgehead atoms. The molecule has 15 heavy (non-hydrogen) atoms. The molecular weight excluding hydrogens is 212 g/mol. The summed E-state index contributed by atoms with van der Waals surface area (Å²) in [5.41, 5.74) is 0. The van der Waals surface area contributed by atoms with Crippen molar-refractivity contribution in [2.24, 2.45) is 11.8 Å². The summed E-state index contributed by atoms with van der Waals surface area (Å²) in [5, 5.41) is -0.258. The van der Waals surface area contributed by atoms with Crippen LogP contribution in [0, 0.1) is 11.8 Å². The summed E-state index contributed by atoms with van der Waals surface area (Å²) in [6.07, 6.45) is 4.44. The fourth-order valence-electron chi connectivity index (χ4n) is 1.64. The normalized spacial score (nSPS) is 14.9. The Hall–Kier alpha value is -0.0800. The summed E-state index contributed by atoms with van der Waals surface area (Å²) in [5.74, 6) is 0.427. The molecule has 2 atom stereocenters. The zero-order valence-electron chi connectivity index (χ0n) is 10.1. The van der Waals surface area contributed by atoms with E-state index in [2.05, 4.69) is 13.8 Å². The Morgan fingerprint density at radius 1 is 1.40 bits per heavy atom. The van der Waals surface area contributed by atoms with Crippen LogP contribution in [0.25, 0.3) is 0 Å². The summed E-state index contributed by atoms with van der Waals surface area (Å²) in [6, 6.07) is 0. The van der Waals surface area contributed by atoms with Crippen LogP contribution in [-0.2, 0) is 9.53 Å². The number of hydrogen-bond donors (Lipinski definition) is 0. The summed E-state index contributed by atoms with van der Waals surface area (Å²) in [7, 11) is 0. The molecule has 3 heteroatoms. The highest BCUT2D eigenvalue weighted by atomic mass is 35.5. The quantitative estimate of drug-likeness (QED) is 0.570. The molecule has 0 amide bonds. The van der Waals surface area contributed by atoms with Crippen molar-refractivity contribution < 1.29 is 9.53 Å². The third kappa shape index (κ3) is 7.80. The molecule has 2 nitrogen and oxygen atoms in total. The van der Waals surface area contributed by atoms with Crippen LogP contribution in [0.4, 0.5) is 0 Å². The zero-order valence-corrected chi connectivity index (χ0v) is 10.8. The summed E-state index contributed by atoms with van der Waals surface area (Å²) in [6.45, 7) is 7.39. The molecule has 0 aromatic heterocycles. The number of rotatable bonds is 9. The summed E-state index contributed by atoms with van der Waals surface area (Å²) < 4.78 is 5.26. The van der Waals surface area contributed by atoms with E-state index >= 15 is 0 Å². The second kappa shape index (κ2) is 9.17. The van der Waals surface area contributed by atoms with Gasteiger partial charge in [-0.1, -0.05) is 33.1 Å². The Balaban J connectivity index is 3.87. The van der Waals surface area contributed by atoms with Crippen molar-refractivity contribution in [3.8, 4) is 0 Å². The second-order valence-corrected chi connectivity index (χ2v) is 4.52. The molecule has 0 saturated heterocycles. The van der Waals surface area contributed by atoms with Crippen molar-refractivity contribution in [1.29, 1.82) is 0 Å². The van der Waals surface area contributed by atoms with Crippen LogP contribution in [0.1, 0.15) is 46.5 Å². The standard InChI is InChI=1S/C12H23ClO2/c1-4-6-7-10(3)8-11(12(13)14)9-15-5-2/h10-11H,4-9H2,1-3H3. The second-order valence-electron chi connectivity index (χ2n) is 4.14. The van der Waals surface area contributed by atoms with Gasteiger partial charge < -0.3 is 4.74 Å². The van der Waals surface area contributed by atoms with E-state index in [1.54, 1.807) is 0 Å². The number of carbonyl (C=O) groups excluding carboxylic acids is 1. The van der Waals surface area contributed by atoms with Crippen molar-refractivity contribution >= 4 is 16.8 Å². The topological polar surface area (TPSA) is 26.3 Å². The van der Waals surface area contributed by atoms with Crippen LogP contribution in [0.5, 0.6) is 0 Å². The van der Waals surface area contributed by atoms with Gasteiger partial charge in [0.05, 0.1) is 12.5 Å². The molecule has 0 fully saturated rings. The maximum Gasteiger partial charge on any atom is 0.227 e. The minimum Gasteiger partial charge on any atom is -0.381 e. The minimum absolute atomic E-state index is 0.126. The van der Waals surface area contributed by atoms with Crippen LogP contribution < -0.4 is 0 Å². The molecule has 0 aliphatic heterocycles. The predicted molar refractivity (Wildman–Crippen MR) is 64.1 cm³/mol. The Morgan fingerprint density at radius 3 is 2.53 bits per heavy atom. The molecule has 2 unspecified atom stereocenters. The van der Waals surface area contributed by atoms with E-state index < -0.39 is 0 Å². The molecule has 0 aromatic carbocycles. The average Bonchev–Trinajstić information content (AvgIpc) is 2.20. The Kier molecular flexibility index (Phi) is 9.12. The molecule has 0 heterocycles. The van der Waals surface area contributed by atoms with Gasteiger partial charge in [-0.3, -0.25) is 4.79 Å². The van der Waals surface area contributed by atoms with Crippen molar-refractivity contribution in [2.45, 2.75) is 46.5 Å². The van der Waals surface area contributed by atoms with E-state index in [9.17, 15) is 4.79 Å². The molecule has 0 radical (unpaired) electrons. The number of carbonyl (C=O) groups is 1. The molecule has 0 aliphatic carbocycles. The third-order valence-electron chi connectivity index (χ3n) is 2.58. The molecule has 0 aliphatic rings. The van der Waals surface area contributed by atoms with Crippen LogP contribution in [0.15, 0.2) is 0 Å². The third-order valence-corrected chi connectivity index (χ3v) is 2.89. The first-order chi connectivity index (χ1) is 7.11. The van der Waals surface area contributed by atoms with Crippen LogP contribution in [0.3, 0.4) is 0 Å². The lowest BCUT2D eigenvalue weighted by atomic mass is 9.93. The SMILES string of the molecule is CCCCC(C)CC(COCC)C(=O)Cl. The lowest BCUT2D eigenvalue weighted by Crippen LogP contribution is -2.19. The zero-order chi connectivity index (χ0) is 11.7. The average molecular weight is 235 g/mol. The molecule has 0 aromatic rings. The minimum atomic E-state index is -0.258. The van der Waals surface area contributed by atoms with Gasteiger partial charge in [-0.15, -0.1) is 0 Å². The van der Waals surface area contributed by atoms with Crippen molar-refractivity contribution in [3.63, 3.8) is 0 Å². The smallest absolute Gasteiger partial charge is 0.227 e. The van der Waals surface area contributed by atoms with Crippen LogP contribution in [0.2, 0.25) is 0 Å². The van der Waals surface area contributed by atoms with Gasteiger partial charge in [0.25, 0.3) is 0 Å². The number of ether oxygens (including phenoxy) is 1. The highest BCUT2D eigenvalue weighted by Gasteiger charge is 2.19. The first-order valence-electron chi connectivity index (χ1n) is 5.88. The van der Waals surface area contributed by atoms with Gasteiger partial charge in [0.15, 0.2) is 0 Å². The van der Waals surface area contributed by atoms with Gasteiger partial charge in [-0.2, -0.15) is 0 Å². The number of unbranched alkanes of at least 4 members (excludes halogenated alkanes) is 1. The maximum atomic E-state index is 11.1. The Morgan fingerprint density at radius 2 is 2.07 bits per heavy atom. The van der Waals surface area contributed by atoms with Crippen LogP contribution >= 0.6 is 11.6 Å². The van der Waals surface area contributed by atoms with E-state index in [-0.39, 0.29) is 11.2 Å². The van der Waals surface area contributed by atoms with E-state index in [0.29, 0.717) is 19.1 Å². The van der Waals surface area contributed by atoms with Gasteiger partial charge in [0.2, 0.25) is 5.24 Å². The van der Waals surface area contributed by atoms with E-state index in [4.69, 9.17) is 16.3 Å². The number of halogens is 1. The van der Waals surface area contributed by atoms with Gasteiger partial charge in [-0.25, -0.2) is 0 Å². The monoisotopic (exact) mass is 234 g/mol. The summed E-state index contributed by atoms with van der Waals surface area (Å²) in [4.78, 5) is 11.1. The van der Waals surface area contributed by atoms with Gasteiger partial charge in [0, 0.05) is 6.61 Å². The fraction of sp³-hybridized carbons (Fsp3) is 0.917. The highest BCUT2D eigenvalue weighted by molar-refractivity contribution is 6.64.